The zero-order valence-electron chi connectivity index (χ0n) is 22.0. The third kappa shape index (κ3) is 5.16. The first-order chi connectivity index (χ1) is 19.4. The van der Waals surface area contributed by atoms with Crippen LogP contribution in [0.3, 0.4) is 0 Å². The Morgan fingerprint density at radius 2 is 1.60 bits per heavy atom. The molecule has 1 amide bonds. The van der Waals surface area contributed by atoms with Crippen LogP contribution >= 0.6 is 0 Å². The van der Waals surface area contributed by atoms with Crippen LogP contribution < -0.4 is 4.90 Å². The summed E-state index contributed by atoms with van der Waals surface area (Å²) in [6, 6.07) is 17.2. The second kappa shape index (κ2) is 10.9. The molecule has 0 unspecified atom stereocenters. The number of amides is 1. The van der Waals surface area contributed by atoms with Gasteiger partial charge < -0.3 is 9.80 Å². The van der Waals surface area contributed by atoms with E-state index in [9.17, 15) is 17.6 Å². The topological polar surface area (TPSA) is 86.7 Å². The van der Waals surface area contributed by atoms with Crippen molar-refractivity contribution in [1.29, 1.82) is 0 Å². The van der Waals surface area contributed by atoms with Gasteiger partial charge in [-0.1, -0.05) is 18.2 Å². The number of nitrogens with zero attached hydrogens (tertiary/aromatic N) is 5. The van der Waals surface area contributed by atoms with Crippen LogP contribution in [0.15, 0.2) is 84.1 Å². The monoisotopic (exact) mass is 559 g/mol. The molecule has 0 saturated carbocycles. The molecule has 10 heteroatoms. The van der Waals surface area contributed by atoms with Crippen molar-refractivity contribution in [2.45, 2.75) is 17.7 Å². The van der Waals surface area contributed by atoms with E-state index < -0.39 is 10.0 Å². The maximum atomic E-state index is 13.6. The molecule has 2 fully saturated rings. The fraction of sp³-hybridized carbons (Fsp3) is 0.300. The van der Waals surface area contributed by atoms with Crippen LogP contribution in [-0.2, 0) is 14.8 Å². The molecule has 0 bridgehead atoms. The van der Waals surface area contributed by atoms with Gasteiger partial charge in [0.25, 0.3) is 0 Å². The van der Waals surface area contributed by atoms with E-state index in [1.54, 1.807) is 48.9 Å². The van der Waals surface area contributed by atoms with Gasteiger partial charge in [0.2, 0.25) is 15.9 Å². The molecular formula is C30H30FN5O3S. The number of halogens is 1. The maximum absolute atomic E-state index is 13.6. The SMILES string of the molecule is O=C(C1CCN(S(=O)(=O)c2ccc(-c3cccnc3)cc2)CC1)N1CCN(c2ccnc3cc(F)ccc23)CC1. The molecule has 0 radical (unpaired) electrons. The summed E-state index contributed by atoms with van der Waals surface area (Å²) in [5.41, 5.74) is 3.44. The number of fused-ring (bicyclic) bond motifs is 1. The number of hydrogen-bond acceptors (Lipinski definition) is 6. The van der Waals surface area contributed by atoms with E-state index in [-0.39, 0.29) is 22.5 Å². The highest BCUT2D eigenvalue weighted by molar-refractivity contribution is 7.89. The molecule has 0 atom stereocenters. The van der Waals surface area contributed by atoms with Crippen molar-refractivity contribution >= 4 is 32.5 Å². The summed E-state index contributed by atoms with van der Waals surface area (Å²) in [6.07, 6.45) is 6.14. The molecule has 0 spiro atoms. The lowest BCUT2D eigenvalue weighted by Crippen LogP contribution is -2.52. The smallest absolute Gasteiger partial charge is 0.243 e. The third-order valence-corrected chi connectivity index (χ3v) is 9.82. The second-order valence-electron chi connectivity index (χ2n) is 10.2. The Morgan fingerprint density at radius 3 is 2.30 bits per heavy atom. The van der Waals surface area contributed by atoms with Gasteiger partial charge in [-0.15, -0.1) is 0 Å². The molecule has 4 aromatic rings. The molecule has 0 N–H and O–H groups in total. The minimum Gasteiger partial charge on any atom is -0.367 e. The first-order valence-electron chi connectivity index (χ1n) is 13.5. The minimum absolute atomic E-state index is 0.0965. The van der Waals surface area contributed by atoms with Gasteiger partial charge in [0.05, 0.1) is 10.4 Å². The average Bonchev–Trinajstić information content (AvgIpc) is 3.01. The highest BCUT2D eigenvalue weighted by atomic mass is 32.2. The summed E-state index contributed by atoms with van der Waals surface area (Å²) in [6.45, 7) is 3.16. The van der Waals surface area contributed by atoms with Crippen molar-refractivity contribution in [3.05, 3.63) is 85.1 Å². The Bertz CT molecular complexity index is 1620. The Balaban J connectivity index is 1.05. The number of carbonyl (C=O) groups is 1. The van der Waals surface area contributed by atoms with Crippen molar-refractivity contribution in [3.63, 3.8) is 0 Å². The second-order valence-corrected chi connectivity index (χ2v) is 12.2. The molecule has 206 valence electrons. The average molecular weight is 560 g/mol. The lowest BCUT2D eigenvalue weighted by atomic mass is 9.96. The molecule has 0 aliphatic carbocycles. The number of benzene rings is 2. The summed E-state index contributed by atoms with van der Waals surface area (Å²) >= 11 is 0. The summed E-state index contributed by atoms with van der Waals surface area (Å²) in [7, 11) is -3.64. The van der Waals surface area contributed by atoms with E-state index in [4.69, 9.17) is 0 Å². The van der Waals surface area contributed by atoms with Crippen molar-refractivity contribution in [1.82, 2.24) is 19.2 Å². The molecule has 40 heavy (non-hydrogen) atoms. The van der Waals surface area contributed by atoms with Gasteiger partial charge in [-0.3, -0.25) is 14.8 Å². The predicted octanol–water partition coefficient (Wildman–Crippen LogP) is 4.19. The van der Waals surface area contributed by atoms with E-state index in [0.717, 1.165) is 22.2 Å². The van der Waals surface area contributed by atoms with E-state index in [1.807, 2.05) is 23.1 Å². The zero-order chi connectivity index (χ0) is 27.7. The lowest BCUT2D eigenvalue weighted by Gasteiger charge is -2.39. The van der Waals surface area contributed by atoms with Crippen LogP contribution in [0.1, 0.15) is 12.8 Å². The highest BCUT2D eigenvalue weighted by Crippen LogP contribution is 2.29. The molecular weight excluding hydrogens is 529 g/mol. The van der Waals surface area contributed by atoms with Crippen molar-refractivity contribution < 1.29 is 17.6 Å². The van der Waals surface area contributed by atoms with Crippen LogP contribution in [-0.4, -0.2) is 72.8 Å². The first-order valence-corrected chi connectivity index (χ1v) is 14.9. The number of sulfonamides is 1. The van der Waals surface area contributed by atoms with Gasteiger partial charge >= 0.3 is 0 Å². The Morgan fingerprint density at radius 1 is 0.850 bits per heavy atom. The molecule has 4 heterocycles. The van der Waals surface area contributed by atoms with Crippen LogP contribution in [0.4, 0.5) is 10.1 Å². The summed E-state index contributed by atoms with van der Waals surface area (Å²) in [5.74, 6) is -0.403. The molecule has 2 aliphatic heterocycles. The van der Waals surface area contributed by atoms with E-state index in [2.05, 4.69) is 14.9 Å². The number of piperidine rings is 1. The van der Waals surface area contributed by atoms with Gasteiger partial charge in [-0.2, -0.15) is 4.31 Å². The van der Waals surface area contributed by atoms with E-state index >= 15 is 0 Å². The van der Waals surface area contributed by atoms with Gasteiger partial charge in [0, 0.05) is 80.9 Å². The van der Waals surface area contributed by atoms with Crippen molar-refractivity contribution in [2.75, 3.05) is 44.2 Å². The Hall–Kier alpha value is -3.89. The summed E-state index contributed by atoms with van der Waals surface area (Å²) < 4.78 is 41.7. The van der Waals surface area contributed by atoms with Crippen LogP contribution in [0.2, 0.25) is 0 Å². The largest absolute Gasteiger partial charge is 0.367 e. The Kier molecular flexibility index (Phi) is 7.20. The number of pyridine rings is 2. The number of hydrogen-bond donors (Lipinski definition) is 0. The first kappa shape index (κ1) is 26.3. The number of anilines is 1. The molecule has 2 saturated heterocycles. The van der Waals surface area contributed by atoms with Gasteiger partial charge in [-0.05, 0) is 60.4 Å². The standard InChI is InChI=1S/C30H30FN5O3S/c31-25-5-8-27-28(20-25)33-13-9-29(27)34-16-18-35(19-17-34)30(37)23-10-14-36(15-11-23)40(38,39)26-6-3-22(4-7-26)24-2-1-12-32-21-24/h1-9,12-13,20-21,23H,10-11,14-19H2. The highest BCUT2D eigenvalue weighted by Gasteiger charge is 2.34. The normalized spacial score (nSPS) is 17.3. The number of carbonyl (C=O) groups excluding carboxylic acids is 1. The third-order valence-electron chi connectivity index (χ3n) is 7.90. The Labute approximate surface area is 233 Å². The number of rotatable bonds is 5. The molecule has 2 aliphatic rings. The van der Waals surface area contributed by atoms with Crippen LogP contribution in [0.5, 0.6) is 0 Å². The fourth-order valence-electron chi connectivity index (χ4n) is 5.65. The van der Waals surface area contributed by atoms with Crippen molar-refractivity contribution in [3.8, 4) is 11.1 Å². The van der Waals surface area contributed by atoms with Gasteiger partial charge in [0.1, 0.15) is 5.82 Å². The molecule has 8 nitrogen and oxygen atoms in total. The lowest BCUT2D eigenvalue weighted by molar-refractivity contribution is -0.137. The van der Waals surface area contributed by atoms with Crippen LogP contribution in [0.25, 0.3) is 22.0 Å². The number of aromatic nitrogens is 2. The molecule has 2 aromatic carbocycles. The minimum atomic E-state index is -3.64. The van der Waals surface area contributed by atoms with Crippen molar-refractivity contribution in [2.24, 2.45) is 5.92 Å². The van der Waals surface area contributed by atoms with Gasteiger partial charge in [0.15, 0.2) is 0 Å². The maximum Gasteiger partial charge on any atom is 0.243 e. The van der Waals surface area contributed by atoms with Crippen LogP contribution in [0, 0.1) is 11.7 Å². The zero-order valence-corrected chi connectivity index (χ0v) is 22.8. The molecule has 2 aromatic heterocycles. The molecule has 6 rings (SSSR count). The predicted molar refractivity (Wildman–Crippen MR) is 152 cm³/mol. The number of piperazine rings is 1. The van der Waals surface area contributed by atoms with E-state index in [0.29, 0.717) is 57.6 Å². The quantitative estimate of drug-likeness (QED) is 0.365. The van der Waals surface area contributed by atoms with E-state index in [1.165, 1.54) is 16.4 Å². The summed E-state index contributed by atoms with van der Waals surface area (Å²) in [4.78, 5) is 26.1. The fourth-order valence-corrected chi connectivity index (χ4v) is 7.12. The van der Waals surface area contributed by atoms with Gasteiger partial charge in [-0.25, -0.2) is 12.8 Å². The summed E-state index contributed by atoms with van der Waals surface area (Å²) in [5, 5.41) is 0.893.